The second-order valence-corrected chi connectivity index (χ2v) is 8.46. The summed E-state index contributed by atoms with van der Waals surface area (Å²) in [4.78, 5) is 26.9. The summed E-state index contributed by atoms with van der Waals surface area (Å²) in [5.41, 5.74) is 0.142. The van der Waals surface area contributed by atoms with Gasteiger partial charge in [0.15, 0.2) is 0 Å². The van der Waals surface area contributed by atoms with Crippen LogP contribution in [0.3, 0.4) is 0 Å². The van der Waals surface area contributed by atoms with Crippen LogP contribution in [0, 0.1) is 0 Å². The van der Waals surface area contributed by atoms with Crippen LogP contribution < -0.4 is 10.2 Å². The number of rotatable bonds is 1. The monoisotopic (exact) mass is 420 g/mol. The minimum atomic E-state index is -0.662. The van der Waals surface area contributed by atoms with E-state index >= 15 is 0 Å². The summed E-state index contributed by atoms with van der Waals surface area (Å²) in [5, 5.41) is 3.22. The Morgan fingerprint density at radius 1 is 1.48 bits per heavy atom. The number of halogens is 2. The molecular weight excluding hydrogens is 404 g/mol. The molecule has 0 spiro atoms. The third-order valence-electron chi connectivity index (χ3n) is 3.09. The highest BCUT2D eigenvalue weighted by atomic mass is 79.9. The van der Waals surface area contributed by atoms with Gasteiger partial charge in [-0.1, -0.05) is 11.6 Å². The number of carbonyl (C=O) groups is 2. The fraction of sp³-hybridized carbons (Fsp3) is 0.467. The molecule has 126 valence electrons. The van der Waals surface area contributed by atoms with Gasteiger partial charge in [0.1, 0.15) is 11.6 Å². The van der Waals surface area contributed by atoms with Gasteiger partial charge in [-0.15, -0.1) is 11.8 Å². The summed E-state index contributed by atoms with van der Waals surface area (Å²) in [5.74, 6) is 0.212. The first-order valence-corrected chi connectivity index (χ1v) is 9.13. The van der Waals surface area contributed by atoms with Crippen LogP contribution >= 0.6 is 39.3 Å². The number of hydrogen-bond donors (Lipinski definition) is 1. The van der Waals surface area contributed by atoms with Crippen LogP contribution in [0.5, 0.6) is 0 Å². The molecule has 1 atom stereocenters. The second-order valence-electron chi connectivity index (χ2n) is 6.14. The minimum Gasteiger partial charge on any atom is -0.444 e. The van der Waals surface area contributed by atoms with Gasteiger partial charge in [0.05, 0.1) is 10.7 Å². The van der Waals surface area contributed by atoms with Crippen molar-refractivity contribution in [3.05, 3.63) is 21.6 Å². The zero-order valence-corrected chi connectivity index (χ0v) is 16.4. The Labute approximate surface area is 153 Å². The van der Waals surface area contributed by atoms with Crippen molar-refractivity contribution in [1.29, 1.82) is 0 Å². The van der Waals surface area contributed by atoms with E-state index in [-0.39, 0.29) is 5.91 Å². The molecule has 1 aliphatic heterocycles. The number of amides is 2. The van der Waals surface area contributed by atoms with Crippen LogP contribution in [-0.2, 0) is 9.53 Å². The molecule has 0 radical (unpaired) electrons. The number of carbonyl (C=O) groups excluding carboxylic acids is 2. The first-order valence-electron chi connectivity index (χ1n) is 6.97. The van der Waals surface area contributed by atoms with Crippen LogP contribution in [0.15, 0.2) is 21.5 Å². The lowest BCUT2D eigenvalue weighted by Crippen LogP contribution is -2.49. The first-order chi connectivity index (χ1) is 10.6. The van der Waals surface area contributed by atoms with E-state index in [4.69, 9.17) is 16.3 Å². The molecule has 5 nitrogen and oxygen atoms in total. The molecule has 1 aromatic rings. The number of benzene rings is 1. The fourth-order valence-electron chi connectivity index (χ4n) is 2.05. The zero-order chi connectivity index (χ0) is 17.4. The molecule has 8 heteroatoms. The Bertz CT molecular complexity index is 648. The van der Waals surface area contributed by atoms with Gasteiger partial charge in [-0.3, -0.25) is 4.79 Å². The zero-order valence-electron chi connectivity index (χ0n) is 13.3. The molecule has 23 heavy (non-hydrogen) atoms. The lowest BCUT2D eigenvalue weighted by atomic mass is 10.2. The predicted octanol–water partition coefficient (Wildman–Crippen LogP) is 4.06. The van der Waals surface area contributed by atoms with Crippen LogP contribution in [-0.4, -0.2) is 36.4 Å². The molecule has 2 rings (SSSR count). The topological polar surface area (TPSA) is 58.6 Å². The SMILES string of the molecule is CN1C(=O)[C@@H](NC(=O)OC(C)(C)C)CSc2cc(Cl)c(Br)cc21. The van der Waals surface area contributed by atoms with Crippen LogP contribution in [0.4, 0.5) is 10.5 Å². The number of alkyl carbamates (subject to hydrolysis) is 1. The van der Waals surface area contributed by atoms with Crippen molar-refractivity contribution in [1.82, 2.24) is 5.32 Å². The smallest absolute Gasteiger partial charge is 0.408 e. The van der Waals surface area contributed by atoms with Crippen molar-refractivity contribution in [3.8, 4) is 0 Å². The molecule has 0 aliphatic carbocycles. The van der Waals surface area contributed by atoms with Gasteiger partial charge in [-0.25, -0.2) is 4.79 Å². The summed E-state index contributed by atoms with van der Waals surface area (Å²) < 4.78 is 5.94. The number of hydrogen-bond acceptors (Lipinski definition) is 4. The van der Waals surface area contributed by atoms with E-state index in [9.17, 15) is 9.59 Å². The van der Waals surface area contributed by atoms with E-state index in [0.29, 0.717) is 10.8 Å². The second kappa shape index (κ2) is 6.91. The van der Waals surface area contributed by atoms with Gasteiger partial charge in [0.25, 0.3) is 0 Å². The van der Waals surface area contributed by atoms with Gasteiger partial charge in [-0.05, 0) is 48.8 Å². The third-order valence-corrected chi connectivity index (χ3v) is 5.42. The lowest BCUT2D eigenvalue weighted by molar-refractivity contribution is -0.119. The number of nitrogens with one attached hydrogen (secondary N) is 1. The molecule has 0 unspecified atom stereocenters. The molecule has 0 bridgehead atoms. The molecular formula is C15H18BrClN2O3S. The molecule has 1 heterocycles. The van der Waals surface area contributed by atoms with Crippen LogP contribution in [0.25, 0.3) is 0 Å². The lowest BCUT2D eigenvalue weighted by Gasteiger charge is -2.24. The minimum absolute atomic E-state index is 0.198. The Morgan fingerprint density at radius 2 is 2.13 bits per heavy atom. The van der Waals surface area contributed by atoms with Gasteiger partial charge in [0.2, 0.25) is 5.91 Å². The van der Waals surface area contributed by atoms with E-state index in [0.717, 1.165) is 15.1 Å². The maximum atomic E-state index is 12.6. The molecule has 0 saturated heterocycles. The Balaban J connectivity index is 2.19. The number of ether oxygens (including phenoxy) is 1. The van der Waals surface area contributed by atoms with Crippen molar-refractivity contribution in [2.45, 2.75) is 37.3 Å². The predicted molar refractivity (Wildman–Crippen MR) is 96.4 cm³/mol. The molecule has 1 aromatic carbocycles. The average molecular weight is 422 g/mol. The van der Waals surface area contributed by atoms with Crippen molar-refractivity contribution in [2.75, 3.05) is 17.7 Å². The summed E-state index contributed by atoms with van der Waals surface area (Å²) in [6, 6.07) is 2.95. The third kappa shape index (κ3) is 4.55. The van der Waals surface area contributed by atoms with E-state index < -0.39 is 17.7 Å². The summed E-state index contributed by atoms with van der Waals surface area (Å²) in [6.45, 7) is 5.33. The van der Waals surface area contributed by atoms with Crippen molar-refractivity contribution in [3.63, 3.8) is 0 Å². The average Bonchev–Trinajstić information content (AvgIpc) is 2.51. The fourth-order valence-corrected chi connectivity index (χ4v) is 3.72. The summed E-state index contributed by atoms with van der Waals surface area (Å²) in [7, 11) is 1.68. The maximum Gasteiger partial charge on any atom is 0.408 e. The summed E-state index contributed by atoms with van der Waals surface area (Å²) >= 11 is 11.0. The highest BCUT2D eigenvalue weighted by molar-refractivity contribution is 9.10. The highest BCUT2D eigenvalue weighted by Crippen LogP contribution is 2.39. The van der Waals surface area contributed by atoms with E-state index in [1.165, 1.54) is 16.7 Å². The van der Waals surface area contributed by atoms with Gasteiger partial charge in [-0.2, -0.15) is 0 Å². The van der Waals surface area contributed by atoms with E-state index in [2.05, 4.69) is 21.2 Å². The van der Waals surface area contributed by atoms with Crippen LogP contribution in [0.1, 0.15) is 20.8 Å². The molecule has 0 aromatic heterocycles. The number of thioether (sulfide) groups is 1. The van der Waals surface area contributed by atoms with E-state index in [1.54, 1.807) is 33.9 Å². The maximum absolute atomic E-state index is 12.6. The highest BCUT2D eigenvalue weighted by Gasteiger charge is 2.31. The number of nitrogens with zero attached hydrogens (tertiary/aromatic N) is 1. The molecule has 0 fully saturated rings. The van der Waals surface area contributed by atoms with Gasteiger partial charge < -0.3 is 15.0 Å². The Kier molecular flexibility index (Phi) is 5.53. The van der Waals surface area contributed by atoms with Crippen molar-refractivity contribution in [2.24, 2.45) is 0 Å². The van der Waals surface area contributed by atoms with Crippen molar-refractivity contribution >= 4 is 57.0 Å². The molecule has 1 N–H and O–H groups in total. The van der Waals surface area contributed by atoms with Gasteiger partial charge >= 0.3 is 6.09 Å². The molecule has 1 aliphatic rings. The van der Waals surface area contributed by atoms with Crippen molar-refractivity contribution < 1.29 is 14.3 Å². The first kappa shape index (κ1) is 18.4. The number of fused-ring (bicyclic) bond motifs is 1. The van der Waals surface area contributed by atoms with Gasteiger partial charge in [0, 0.05) is 22.2 Å². The standard InChI is InChI=1S/C15H18BrClN2O3S/c1-15(2,3)22-14(21)18-10-7-23-12-6-9(17)8(16)5-11(12)19(4)13(10)20/h5-6,10H,7H2,1-4H3,(H,18,21)/t10-/m0/s1. The molecule has 0 saturated carbocycles. The summed E-state index contributed by atoms with van der Waals surface area (Å²) in [6.07, 6.45) is -0.602. The van der Waals surface area contributed by atoms with Crippen LogP contribution in [0.2, 0.25) is 5.02 Å². The normalized spacial score (nSPS) is 18.3. The number of anilines is 1. The largest absolute Gasteiger partial charge is 0.444 e. The quantitative estimate of drug-likeness (QED) is 0.743. The number of likely N-dealkylation sites (N-methyl/N-ethyl adjacent to an activating group) is 1. The Morgan fingerprint density at radius 3 is 2.74 bits per heavy atom. The molecule has 2 amide bonds. The van der Waals surface area contributed by atoms with E-state index in [1.807, 2.05) is 6.07 Å². The Hall–Kier alpha value is -0.920.